The van der Waals surface area contributed by atoms with E-state index in [1.807, 2.05) is 6.92 Å². The SMILES string of the molecule is CCCn1c2c(sc1=O)C1CN(C2)C(=O)N1OS(=O)(=O)[O-].O=C([O-])C(F)(F)F.[NH3+]CCn1c2c(sc1=O)C1CN(C2)C(=O)N1OS(=O)(=O)[O-].[Na+].[Na+]. The van der Waals surface area contributed by atoms with Crippen LogP contribution in [0.25, 0.3) is 0 Å². The number of nitrogens with zero attached hydrogens (tertiary/aromatic N) is 6. The van der Waals surface area contributed by atoms with Gasteiger partial charge < -0.3 is 39.1 Å². The average molecular weight is 830 g/mol. The minimum atomic E-state index is -5.19. The molecule has 2 aromatic heterocycles. The molecule has 51 heavy (non-hydrogen) atoms. The molecule has 2 aromatic rings. The summed E-state index contributed by atoms with van der Waals surface area (Å²) in [6.07, 6.45) is -4.43. The number of hydrogen-bond acceptors (Lipinski definition) is 16. The van der Waals surface area contributed by atoms with Crippen LogP contribution < -0.4 is 79.7 Å². The van der Waals surface area contributed by atoms with Crippen molar-refractivity contribution in [2.24, 2.45) is 0 Å². The molecule has 2 fully saturated rings. The second-order valence-electron chi connectivity index (χ2n) is 10.3. The number of alkyl halides is 3. The van der Waals surface area contributed by atoms with Crippen molar-refractivity contribution in [1.29, 1.82) is 0 Å². The largest absolute Gasteiger partial charge is 1.00 e. The predicted octanol–water partition coefficient (Wildman–Crippen LogP) is -8.85. The molecule has 2 atom stereocenters. The van der Waals surface area contributed by atoms with E-state index in [2.05, 4.69) is 14.3 Å². The van der Waals surface area contributed by atoms with Gasteiger partial charge in [-0.2, -0.15) is 31.9 Å². The third-order valence-electron chi connectivity index (χ3n) is 7.02. The predicted molar refractivity (Wildman–Crippen MR) is 149 cm³/mol. The first-order chi connectivity index (χ1) is 22.6. The fourth-order valence-electron chi connectivity index (χ4n) is 5.22. The zero-order valence-electron chi connectivity index (χ0n) is 26.7. The van der Waals surface area contributed by atoms with Crippen molar-refractivity contribution in [2.75, 3.05) is 19.6 Å². The number of halogens is 3. The van der Waals surface area contributed by atoms with E-state index in [0.717, 1.165) is 29.1 Å². The molecule has 6 rings (SSSR count). The molecule has 30 heteroatoms. The van der Waals surface area contributed by atoms with Crippen LogP contribution in [-0.2, 0) is 60.3 Å². The van der Waals surface area contributed by atoms with Gasteiger partial charge in [0, 0.05) is 6.54 Å². The van der Waals surface area contributed by atoms with Crippen molar-refractivity contribution in [3.05, 3.63) is 40.5 Å². The number of urea groups is 2. The summed E-state index contributed by atoms with van der Waals surface area (Å²) in [5.74, 6) is -3.01. The Morgan fingerprint density at radius 2 is 1.18 bits per heavy atom. The number of carbonyl (C=O) groups excluding carboxylic acids is 3. The van der Waals surface area contributed by atoms with Gasteiger partial charge in [-0.05, 0) is 6.42 Å². The fourth-order valence-corrected chi connectivity index (χ4v) is 8.15. The summed E-state index contributed by atoms with van der Waals surface area (Å²) in [5.41, 5.74) is 5.02. The van der Waals surface area contributed by atoms with Crippen molar-refractivity contribution in [2.45, 2.75) is 57.8 Å². The molecular weight excluding hydrogens is 806 g/mol. The summed E-state index contributed by atoms with van der Waals surface area (Å²) in [6, 6.07) is -2.87. The van der Waals surface area contributed by atoms with Crippen LogP contribution in [0.3, 0.4) is 0 Å². The smallest absolute Gasteiger partial charge is 0.724 e. The summed E-state index contributed by atoms with van der Waals surface area (Å²) in [7, 11) is -10.1. The number of quaternary nitrogens is 1. The molecule has 6 heterocycles. The molecule has 0 radical (unpaired) electrons. The Morgan fingerprint density at radius 3 is 1.47 bits per heavy atom. The summed E-state index contributed by atoms with van der Waals surface area (Å²) in [6.45, 7) is 4.17. The Morgan fingerprint density at radius 1 is 0.824 bits per heavy atom. The Kier molecular flexibility index (Phi) is 15.4. The molecule has 4 amide bonds. The number of hydrogen-bond donors (Lipinski definition) is 1. The second kappa shape index (κ2) is 17.2. The number of carboxylic acids is 1. The normalized spacial score (nSPS) is 18.9. The maximum atomic E-state index is 12.0. The van der Waals surface area contributed by atoms with E-state index in [1.54, 1.807) is 4.57 Å². The molecule has 3 N–H and O–H groups in total. The van der Waals surface area contributed by atoms with Crippen molar-refractivity contribution >= 4 is 61.5 Å². The molecule has 0 aliphatic carbocycles. The third kappa shape index (κ3) is 10.3. The van der Waals surface area contributed by atoms with Gasteiger partial charge in [-0.25, -0.2) is 26.4 Å². The summed E-state index contributed by atoms with van der Waals surface area (Å²) < 4.78 is 108. The monoisotopic (exact) mass is 829 g/mol. The van der Waals surface area contributed by atoms with Crippen LogP contribution in [0.5, 0.6) is 0 Å². The van der Waals surface area contributed by atoms with Crippen LogP contribution in [0, 0.1) is 0 Å². The van der Waals surface area contributed by atoms with Crippen LogP contribution in [0.4, 0.5) is 22.8 Å². The Labute approximate surface area is 337 Å². The first-order valence-corrected chi connectivity index (χ1v) is 17.9. The number of aliphatic carboxylic acids is 1. The molecule has 21 nitrogen and oxygen atoms in total. The van der Waals surface area contributed by atoms with Gasteiger partial charge in [-0.3, -0.25) is 14.2 Å². The summed E-state index contributed by atoms with van der Waals surface area (Å²) >= 11 is 1.89. The molecule has 0 spiro atoms. The number of aromatic nitrogens is 2. The Bertz CT molecular complexity index is 1860. The molecule has 0 aromatic carbocycles. The van der Waals surface area contributed by atoms with Crippen molar-refractivity contribution in [3.8, 4) is 0 Å². The standard InChI is InChI=1S/C10H13N3O6S2.C9H12N4O6S2.C2HF3O2.2Na/c1-2-3-12-6-4-11-5-7(8(6)20-10(12)15)13(9(11)14)19-21(16,17)18;10-1-2-12-5-3-11-4-6(7(5)20-9(12)15)13(8(11)14)19-21(16,17)18;3-2(4,5)1(6)7;;/h7H,2-5H2,1H3,(H,16,17,18);6H,1-4,10H2,(H,16,17,18);(H,6,7);;/q;;;2*+1/p-2. The van der Waals surface area contributed by atoms with Crippen LogP contribution in [0.2, 0.25) is 0 Å². The van der Waals surface area contributed by atoms with Gasteiger partial charge in [0.2, 0.25) is 20.8 Å². The van der Waals surface area contributed by atoms with Gasteiger partial charge in [0.25, 0.3) is 0 Å². The van der Waals surface area contributed by atoms with Crippen LogP contribution in [-0.4, -0.2) is 98.8 Å². The van der Waals surface area contributed by atoms with Crippen LogP contribution >= 0.6 is 22.7 Å². The first-order valence-electron chi connectivity index (χ1n) is 13.6. The van der Waals surface area contributed by atoms with Gasteiger partial charge in [0.05, 0.1) is 60.4 Å². The van der Waals surface area contributed by atoms with Crippen molar-refractivity contribution in [1.82, 2.24) is 29.1 Å². The quantitative estimate of drug-likeness (QED) is 0.147. The molecular formula is C21H24F3N7Na2O14S4. The van der Waals surface area contributed by atoms with E-state index in [9.17, 15) is 58.3 Å². The molecule has 4 bridgehead atoms. The molecule has 4 aliphatic rings. The second-order valence-corrected chi connectivity index (χ2v) is 14.2. The fraction of sp³-hybridized carbons (Fsp3) is 0.571. The number of carboxylic acid groups (broad SMARTS) is 1. The number of thiazole rings is 2. The van der Waals surface area contributed by atoms with E-state index >= 15 is 0 Å². The number of carbonyl (C=O) groups is 3. The topological polar surface area (TPSA) is 292 Å². The third-order valence-corrected chi connectivity index (χ3v) is 9.95. The van der Waals surface area contributed by atoms with E-state index < -0.39 is 57.1 Å². The van der Waals surface area contributed by atoms with Gasteiger partial charge in [-0.15, -0.1) is 0 Å². The number of rotatable bonds is 8. The first kappa shape index (κ1) is 45.5. The average Bonchev–Trinajstić information content (AvgIpc) is 3.62. The zero-order valence-corrected chi connectivity index (χ0v) is 34.0. The van der Waals surface area contributed by atoms with Gasteiger partial charge >= 0.3 is 87.1 Å². The summed E-state index contributed by atoms with van der Waals surface area (Å²) in [5, 5.41) is 9.88. The van der Waals surface area contributed by atoms with E-state index in [1.165, 1.54) is 14.4 Å². The Hall–Kier alpha value is -1.64. The number of amides is 4. The molecule has 4 aliphatic heterocycles. The molecule has 0 saturated carbocycles. The minimum absolute atomic E-state index is 0. The maximum absolute atomic E-state index is 12.0. The number of fused-ring (bicyclic) bond motifs is 8. The van der Waals surface area contributed by atoms with E-state index in [4.69, 9.17) is 9.90 Å². The minimum Gasteiger partial charge on any atom is -0.724 e. The van der Waals surface area contributed by atoms with Crippen molar-refractivity contribution in [3.63, 3.8) is 0 Å². The van der Waals surface area contributed by atoms with E-state index in [0.29, 0.717) is 50.9 Å². The van der Waals surface area contributed by atoms with E-state index in [-0.39, 0.29) is 95.0 Å². The van der Waals surface area contributed by atoms with Gasteiger partial charge in [-0.1, -0.05) is 29.6 Å². The Balaban J connectivity index is 0.000000289. The van der Waals surface area contributed by atoms with Gasteiger partial charge in [0.15, 0.2) is 0 Å². The zero-order chi connectivity index (χ0) is 36.8. The molecule has 2 saturated heterocycles. The summed E-state index contributed by atoms with van der Waals surface area (Å²) in [4.78, 5) is 60.2. The van der Waals surface area contributed by atoms with Gasteiger partial charge in [0.1, 0.15) is 18.1 Å². The van der Waals surface area contributed by atoms with Crippen LogP contribution in [0.1, 0.15) is 46.6 Å². The maximum Gasteiger partial charge on any atom is 1.00 e. The van der Waals surface area contributed by atoms with Crippen molar-refractivity contribution < 1.29 is 132 Å². The molecule has 274 valence electrons. The van der Waals surface area contributed by atoms with Crippen LogP contribution in [0.15, 0.2) is 9.59 Å². The molecule has 2 unspecified atom stereocenters. The number of hydroxylamine groups is 4.